The van der Waals surface area contributed by atoms with E-state index >= 15 is 0 Å². The third-order valence-electron chi connectivity index (χ3n) is 3.77. The fourth-order valence-electron chi connectivity index (χ4n) is 2.63. The molecule has 1 aliphatic carbocycles. The van der Waals surface area contributed by atoms with Crippen LogP contribution in [0.3, 0.4) is 0 Å². The summed E-state index contributed by atoms with van der Waals surface area (Å²) in [6.45, 7) is 1.80. The minimum atomic E-state index is -0.706. The fraction of sp³-hybridized carbons (Fsp3) is 0.600. The third kappa shape index (κ3) is 3.37. The molecule has 4 heteroatoms. The molecule has 0 aromatic carbocycles. The van der Waals surface area contributed by atoms with Gasteiger partial charge in [0.1, 0.15) is 17.6 Å². The first kappa shape index (κ1) is 13.7. The molecule has 19 heavy (non-hydrogen) atoms. The third-order valence-corrected chi connectivity index (χ3v) is 3.77. The van der Waals surface area contributed by atoms with E-state index in [9.17, 15) is 10.1 Å². The number of amides is 1. The van der Waals surface area contributed by atoms with Gasteiger partial charge in [-0.25, -0.2) is 0 Å². The summed E-state index contributed by atoms with van der Waals surface area (Å²) in [6.07, 6.45) is 8.44. The standard InChI is InChI=1S/C15H20N2O2/c1-12-9-13(10-19-12)14(18)17-15(11-16)7-5-3-2-4-6-8-15/h9-10H,2-8H2,1H3,(H,17,18). The van der Waals surface area contributed by atoms with Crippen molar-refractivity contribution >= 4 is 5.91 Å². The highest BCUT2D eigenvalue weighted by Crippen LogP contribution is 2.26. The lowest BCUT2D eigenvalue weighted by Gasteiger charge is -2.29. The summed E-state index contributed by atoms with van der Waals surface area (Å²) in [4.78, 5) is 12.2. The van der Waals surface area contributed by atoms with E-state index in [2.05, 4.69) is 11.4 Å². The molecule has 1 saturated carbocycles. The van der Waals surface area contributed by atoms with Gasteiger partial charge in [-0.1, -0.05) is 32.1 Å². The van der Waals surface area contributed by atoms with E-state index in [1.807, 2.05) is 0 Å². The van der Waals surface area contributed by atoms with E-state index < -0.39 is 5.54 Å². The zero-order valence-electron chi connectivity index (χ0n) is 11.4. The maximum Gasteiger partial charge on any atom is 0.255 e. The van der Waals surface area contributed by atoms with E-state index in [0.717, 1.165) is 38.5 Å². The second kappa shape index (κ2) is 5.92. The summed E-state index contributed by atoms with van der Waals surface area (Å²) in [5.41, 5.74) is -0.211. The summed E-state index contributed by atoms with van der Waals surface area (Å²) >= 11 is 0. The van der Waals surface area contributed by atoms with Crippen molar-refractivity contribution in [3.8, 4) is 6.07 Å². The van der Waals surface area contributed by atoms with Crippen LogP contribution in [0.2, 0.25) is 0 Å². The van der Waals surface area contributed by atoms with Gasteiger partial charge in [0.15, 0.2) is 0 Å². The SMILES string of the molecule is Cc1cc(C(=O)NC2(C#N)CCCCCCC2)co1. The van der Waals surface area contributed by atoms with E-state index in [1.165, 1.54) is 12.7 Å². The van der Waals surface area contributed by atoms with Crippen molar-refractivity contribution in [2.75, 3.05) is 0 Å². The van der Waals surface area contributed by atoms with Crippen molar-refractivity contribution in [1.29, 1.82) is 5.26 Å². The van der Waals surface area contributed by atoms with Crippen LogP contribution in [-0.2, 0) is 0 Å². The van der Waals surface area contributed by atoms with E-state index in [0.29, 0.717) is 11.3 Å². The molecule has 1 fully saturated rings. The Balaban J connectivity index is 2.08. The molecule has 1 aromatic heterocycles. The van der Waals surface area contributed by atoms with Crippen molar-refractivity contribution in [2.24, 2.45) is 0 Å². The minimum Gasteiger partial charge on any atom is -0.469 e. The Hall–Kier alpha value is -1.76. The molecule has 1 N–H and O–H groups in total. The van der Waals surface area contributed by atoms with Gasteiger partial charge in [-0.05, 0) is 25.8 Å². The summed E-state index contributed by atoms with van der Waals surface area (Å²) in [6, 6.07) is 4.03. The zero-order chi connectivity index (χ0) is 13.7. The highest BCUT2D eigenvalue weighted by Gasteiger charge is 2.32. The first-order chi connectivity index (χ1) is 9.15. The van der Waals surface area contributed by atoms with Gasteiger partial charge in [-0.2, -0.15) is 5.26 Å². The Kier molecular flexibility index (Phi) is 4.26. The Labute approximate surface area is 113 Å². The molecule has 0 atom stereocenters. The number of hydrogen-bond acceptors (Lipinski definition) is 3. The number of rotatable bonds is 2. The molecular weight excluding hydrogens is 240 g/mol. The number of nitrogens with zero attached hydrogens (tertiary/aromatic N) is 1. The molecule has 0 unspecified atom stereocenters. The summed E-state index contributed by atoms with van der Waals surface area (Å²) in [5.74, 6) is 0.493. The van der Waals surface area contributed by atoms with Crippen LogP contribution in [0.1, 0.15) is 61.1 Å². The van der Waals surface area contributed by atoms with Crippen LogP contribution < -0.4 is 5.32 Å². The second-order valence-corrected chi connectivity index (χ2v) is 5.36. The van der Waals surface area contributed by atoms with E-state index in [-0.39, 0.29) is 5.91 Å². The molecule has 0 radical (unpaired) electrons. The van der Waals surface area contributed by atoms with Gasteiger partial charge in [0.2, 0.25) is 0 Å². The first-order valence-electron chi connectivity index (χ1n) is 6.94. The Morgan fingerprint density at radius 2 is 1.95 bits per heavy atom. The smallest absolute Gasteiger partial charge is 0.255 e. The molecule has 0 bridgehead atoms. The summed E-state index contributed by atoms with van der Waals surface area (Å²) in [7, 11) is 0. The van der Waals surface area contributed by atoms with Crippen molar-refractivity contribution in [3.05, 3.63) is 23.7 Å². The molecular formula is C15H20N2O2. The highest BCUT2D eigenvalue weighted by molar-refractivity contribution is 5.94. The molecule has 102 valence electrons. The normalized spacial score (nSPS) is 18.9. The number of carbonyl (C=O) groups is 1. The molecule has 2 rings (SSSR count). The number of aryl methyl sites for hydroxylation is 1. The number of furan rings is 1. The van der Waals surface area contributed by atoms with Crippen molar-refractivity contribution in [2.45, 2.75) is 57.4 Å². The Morgan fingerprint density at radius 3 is 2.47 bits per heavy atom. The first-order valence-corrected chi connectivity index (χ1v) is 6.94. The largest absolute Gasteiger partial charge is 0.469 e. The number of nitrogens with one attached hydrogen (secondary N) is 1. The Bertz CT molecular complexity index is 477. The average Bonchev–Trinajstić information content (AvgIpc) is 2.80. The number of nitriles is 1. The second-order valence-electron chi connectivity index (χ2n) is 5.36. The Morgan fingerprint density at radius 1 is 1.32 bits per heavy atom. The van der Waals surface area contributed by atoms with Crippen molar-refractivity contribution in [1.82, 2.24) is 5.32 Å². The number of hydrogen-bond donors (Lipinski definition) is 1. The molecule has 1 aliphatic rings. The molecule has 1 heterocycles. The summed E-state index contributed by atoms with van der Waals surface area (Å²) < 4.78 is 5.14. The maximum absolute atomic E-state index is 12.2. The van der Waals surface area contributed by atoms with Gasteiger partial charge in [0.05, 0.1) is 11.6 Å². The van der Waals surface area contributed by atoms with Crippen molar-refractivity contribution < 1.29 is 9.21 Å². The molecule has 1 aromatic rings. The lowest BCUT2D eigenvalue weighted by atomic mass is 9.85. The van der Waals surface area contributed by atoms with E-state index in [1.54, 1.807) is 13.0 Å². The monoisotopic (exact) mass is 260 g/mol. The van der Waals surface area contributed by atoms with Gasteiger partial charge in [0.25, 0.3) is 5.91 Å². The van der Waals surface area contributed by atoms with Crippen LogP contribution in [-0.4, -0.2) is 11.4 Å². The van der Waals surface area contributed by atoms with Gasteiger partial charge >= 0.3 is 0 Å². The number of carbonyl (C=O) groups excluding carboxylic acids is 1. The fourth-order valence-corrected chi connectivity index (χ4v) is 2.63. The molecule has 0 aliphatic heterocycles. The molecule has 0 saturated heterocycles. The van der Waals surface area contributed by atoms with E-state index in [4.69, 9.17) is 4.42 Å². The molecule has 4 nitrogen and oxygen atoms in total. The van der Waals surface area contributed by atoms with Crippen LogP contribution in [0.5, 0.6) is 0 Å². The van der Waals surface area contributed by atoms with Crippen LogP contribution in [0, 0.1) is 18.3 Å². The van der Waals surface area contributed by atoms with Crippen molar-refractivity contribution in [3.63, 3.8) is 0 Å². The lowest BCUT2D eigenvalue weighted by molar-refractivity contribution is 0.0907. The predicted octanol–water partition coefficient (Wildman–Crippen LogP) is 3.32. The summed E-state index contributed by atoms with van der Waals surface area (Å²) in [5, 5.41) is 12.4. The topological polar surface area (TPSA) is 66.0 Å². The molecule has 1 amide bonds. The average molecular weight is 260 g/mol. The minimum absolute atomic E-state index is 0.209. The lowest BCUT2D eigenvalue weighted by Crippen LogP contribution is -2.47. The maximum atomic E-state index is 12.2. The zero-order valence-corrected chi connectivity index (χ0v) is 11.4. The van der Waals surface area contributed by atoms with Crippen LogP contribution >= 0.6 is 0 Å². The predicted molar refractivity (Wildman–Crippen MR) is 71.6 cm³/mol. The van der Waals surface area contributed by atoms with Gasteiger partial charge < -0.3 is 9.73 Å². The van der Waals surface area contributed by atoms with Gasteiger partial charge in [-0.3, -0.25) is 4.79 Å². The highest BCUT2D eigenvalue weighted by atomic mass is 16.3. The van der Waals surface area contributed by atoms with Gasteiger partial charge in [0, 0.05) is 0 Å². The van der Waals surface area contributed by atoms with Crippen LogP contribution in [0.4, 0.5) is 0 Å². The molecule has 0 spiro atoms. The van der Waals surface area contributed by atoms with Crippen LogP contribution in [0.25, 0.3) is 0 Å². The quantitative estimate of drug-likeness (QED) is 0.887. The van der Waals surface area contributed by atoms with Crippen LogP contribution in [0.15, 0.2) is 16.7 Å². The van der Waals surface area contributed by atoms with Gasteiger partial charge in [-0.15, -0.1) is 0 Å².